The minimum atomic E-state index is -4.04. The van der Waals surface area contributed by atoms with Crippen LogP contribution in [0.25, 0.3) is 0 Å². The molecule has 0 fully saturated rings. The lowest BCUT2D eigenvalue weighted by atomic mass is 10.2. The zero-order chi connectivity index (χ0) is 24.7. The highest BCUT2D eigenvalue weighted by molar-refractivity contribution is 7.92. The number of ether oxygens (including phenoxy) is 2. The van der Waals surface area contributed by atoms with Gasteiger partial charge >= 0.3 is 5.97 Å². The number of nitrogens with zero attached hydrogens (tertiary/aromatic N) is 1. The van der Waals surface area contributed by atoms with Gasteiger partial charge in [-0.05, 0) is 49.4 Å². The predicted octanol–water partition coefficient (Wildman–Crippen LogP) is 3.55. The van der Waals surface area contributed by atoms with Crippen molar-refractivity contribution in [2.24, 2.45) is 0 Å². The van der Waals surface area contributed by atoms with Crippen molar-refractivity contribution in [2.75, 3.05) is 17.1 Å². The third-order valence-electron chi connectivity index (χ3n) is 4.69. The second-order valence-corrected chi connectivity index (χ2v) is 8.71. The number of hydrogen-bond acceptors (Lipinski definition) is 7. The lowest BCUT2D eigenvalue weighted by Crippen LogP contribution is -2.30. The molecule has 0 aromatic heterocycles. The number of para-hydroxylation sites is 3. The van der Waals surface area contributed by atoms with Gasteiger partial charge < -0.3 is 14.8 Å². The molecule has 0 saturated heterocycles. The van der Waals surface area contributed by atoms with Crippen molar-refractivity contribution in [3.63, 3.8) is 0 Å². The van der Waals surface area contributed by atoms with Gasteiger partial charge in [-0.1, -0.05) is 30.3 Å². The molecule has 0 spiro atoms. The van der Waals surface area contributed by atoms with Crippen molar-refractivity contribution in [3.8, 4) is 11.8 Å². The van der Waals surface area contributed by atoms with Crippen LogP contribution in [-0.2, 0) is 19.6 Å². The van der Waals surface area contributed by atoms with Crippen molar-refractivity contribution < 1.29 is 27.5 Å². The largest absolute Gasteiger partial charge is 0.495 e. The number of anilines is 2. The molecule has 1 atom stereocenters. The summed E-state index contributed by atoms with van der Waals surface area (Å²) in [6, 6.07) is 20.1. The average Bonchev–Trinajstić information content (AvgIpc) is 2.84. The van der Waals surface area contributed by atoms with Crippen molar-refractivity contribution >= 4 is 33.3 Å². The molecule has 0 heterocycles. The number of methoxy groups -OCH3 is 1. The second kappa shape index (κ2) is 10.5. The quantitative estimate of drug-likeness (QED) is 0.472. The lowest BCUT2D eigenvalue weighted by Gasteiger charge is -2.15. The van der Waals surface area contributed by atoms with Crippen LogP contribution >= 0.6 is 0 Å². The van der Waals surface area contributed by atoms with Crippen LogP contribution in [0.4, 0.5) is 11.4 Å². The Morgan fingerprint density at radius 2 is 1.65 bits per heavy atom. The van der Waals surface area contributed by atoms with E-state index in [0.717, 1.165) is 6.07 Å². The molecule has 2 N–H and O–H groups in total. The Labute approximate surface area is 197 Å². The number of sulfonamides is 1. The molecule has 10 heteroatoms. The molecule has 1 unspecified atom stereocenters. The third-order valence-corrected chi connectivity index (χ3v) is 6.05. The number of carbonyl (C=O) groups excluding carboxylic acids is 2. The van der Waals surface area contributed by atoms with Gasteiger partial charge in [0.2, 0.25) is 0 Å². The van der Waals surface area contributed by atoms with Crippen LogP contribution < -0.4 is 14.8 Å². The standard InChI is InChI=1S/C24H21N3O6S/c1-16(23(28)26-20-11-4-3-8-18(20)15-25)33-24(29)17-9-7-10-19(14-17)34(30,31)27-21-12-5-6-13-22(21)32-2/h3-14,16,27H,1-2H3,(H,26,28). The molecule has 0 aliphatic carbocycles. The summed E-state index contributed by atoms with van der Waals surface area (Å²) < 4.78 is 38.4. The van der Waals surface area contributed by atoms with E-state index < -0.39 is 28.0 Å². The summed E-state index contributed by atoms with van der Waals surface area (Å²) in [5.74, 6) is -1.19. The van der Waals surface area contributed by atoms with Gasteiger partial charge in [0.15, 0.2) is 6.10 Å². The summed E-state index contributed by atoms with van der Waals surface area (Å²) in [7, 11) is -2.63. The van der Waals surface area contributed by atoms with Gasteiger partial charge in [-0.15, -0.1) is 0 Å². The van der Waals surface area contributed by atoms with E-state index in [1.807, 2.05) is 6.07 Å². The Bertz CT molecular complexity index is 1360. The lowest BCUT2D eigenvalue weighted by molar-refractivity contribution is -0.123. The summed E-state index contributed by atoms with van der Waals surface area (Å²) in [6.45, 7) is 1.37. The van der Waals surface area contributed by atoms with E-state index in [9.17, 15) is 18.0 Å². The molecule has 0 radical (unpaired) electrons. The summed E-state index contributed by atoms with van der Waals surface area (Å²) in [4.78, 5) is 24.8. The fraction of sp³-hybridized carbons (Fsp3) is 0.125. The number of carbonyl (C=O) groups is 2. The Hall–Kier alpha value is -4.36. The van der Waals surface area contributed by atoms with Crippen molar-refractivity contribution in [2.45, 2.75) is 17.9 Å². The van der Waals surface area contributed by atoms with Gasteiger partial charge in [0.05, 0.1) is 34.5 Å². The first-order chi connectivity index (χ1) is 16.2. The number of hydrogen-bond donors (Lipinski definition) is 2. The maximum Gasteiger partial charge on any atom is 0.338 e. The minimum absolute atomic E-state index is 0.0556. The van der Waals surface area contributed by atoms with Crippen molar-refractivity contribution in [3.05, 3.63) is 83.9 Å². The maximum atomic E-state index is 12.8. The van der Waals surface area contributed by atoms with Crippen LogP contribution in [0.1, 0.15) is 22.8 Å². The average molecular weight is 480 g/mol. The van der Waals surface area contributed by atoms with E-state index >= 15 is 0 Å². The fourth-order valence-electron chi connectivity index (χ4n) is 2.93. The van der Waals surface area contributed by atoms with Crippen molar-refractivity contribution in [1.29, 1.82) is 5.26 Å². The van der Waals surface area contributed by atoms with E-state index in [1.54, 1.807) is 42.5 Å². The molecule has 34 heavy (non-hydrogen) atoms. The van der Waals surface area contributed by atoms with E-state index in [2.05, 4.69) is 10.0 Å². The first-order valence-corrected chi connectivity index (χ1v) is 11.5. The van der Waals surface area contributed by atoms with Crippen LogP contribution in [0.3, 0.4) is 0 Å². The zero-order valence-electron chi connectivity index (χ0n) is 18.3. The summed E-state index contributed by atoms with van der Waals surface area (Å²) >= 11 is 0. The number of nitriles is 1. The summed E-state index contributed by atoms with van der Waals surface area (Å²) in [5, 5.41) is 11.7. The zero-order valence-corrected chi connectivity index (χ0v) is 19.1. The van der Waals surface area contributed by atoms with Crippen LogP contribution in [0.2, 0.25) is 0 Å². The van der Waals surface area contributed by atoms with E-state index in [-0.39, 0.29) is 27.4 Å². The molecular formula is C24H21N3O6S. The highest BCUT2D eigenvalue weighted by Crippen LogP contribution is 2.26. The fourth-order valence-corrected chi connectivity index (χ4v) is 4.04. The van der Waals surface area contributed by atoms with Crippen molar-refractivity contribution in [1.82, 2.24) is 0 Å². The molecule has 9 nitrogen and oxygen atoms in total. The first kappa shape index (κ1) is 24.3. The monoisotopic (exact) mass is 479 g/mol. The molecule has 3 aromatic rings. The normalized spacial score (nSPS) is 11.6. The van der Waals surface area contributed by atoms with E-state index in [0.29, 0.717) is 5.75 Å². The number of benzene rings is 3. The van der Waals surface area contributed by atoms with Crippen LogP contribution in [-0.4, -0.2) is 33.5 Å². The first-order valence-electron chi connectivity index (χ1n) is 10.0. The number of amides is 1. The van der Waals surface area contributed by atoms with Crippen LogP contribution in [0.15, 0.2) is 77.7 Å². The topological polar surface area (TPSA) is 135 Å². The highest BCUT2D eigenvalue weighted by Gasteiger charge is 2.22. The molecule has 3 aromatic carbocycles. The third kappa shape index (κ3) is 5.70. The Kier molecular flexibility index (Phi) is 7.50. The van der Waals surface area contributed by atoms with Gasteiger partial charge in [-0.2, -0.15) is 5.26 Å². The molecular weight excluding hydrogens is 458 g/mol. The molecule has 1 amide bonds. The van der Waals surface area contributed by atoms with E-state index in [1.165, 1.54) is 38.3 Å². The molecule has 174 valence electrons. The number of esters is 1. The second-order valence-electron chi connectivity index (χ2n) is 7.03. The smallest absolute Gasteiger partial charge is 0.338 e. The van der Waals surface area contributed by atoms with Gasteiger partial charge in [0.25, 0.3) is 15.9 Å². The van der Waals surface area contributed by atoms with Gasteiger partial charge in [0, 0.05) is 0 Å². The highest BCUT2D eigenvalue weighted by atomic mass is 32.2. The minimum Gasteiger partial charge on any atom is -0.495 e. The molecule has 0 aliphatic heterocycles. The SMILES string of the molecule is COc1ccccc1NS(=O)(=O)c1cccc(C(=O)OC(C)C(=O)Nc2ccccc2C#N)c1. The molecule has 0 aliphatic rings. The number of rotatable bonds is 8. The van der Waals surface area contributed by atoms with Gasteiger partial charge in [-0.3, -0.25) is 9.52 Å². The van der Waals surface area contributed by atoms with Gasteiger partial charge in [-0.25, -0.2) is 13.2 Å². The molecule has 0 saturated carbocycles. The van der Waals surface area contributed by atoms with Gasteiger partial charge in [0.1, 0.15) is 11.8 Å². The molecule has 3 rings (SSSR count). The van der Waals surface area contributed by atoms with Crippen LogP contribution in [0.5, 0.6) is 5.75 Å². The Morgan fingerprint density at radius 1 is 0.971 bits per heavy atom. The predicted molar refractivity (Wildman–Crippen MR) is 125 cm³/mol. The van der Waals surface area contributed by atoms with Crippen LogP contribution in [0, 0.1) is 11.3 Å². The number of nitrogens with one attached hydrogen (secondary N) is 2. The Balaban J connectivity index is 1.73. The van der Waals surface area contributed by atoms with E-state index in [4.69, 9.17) is 14.7 Å². The maximum absolute atomic E-state index is 12.8. The Morgan fingerprint density at radius 3 is 2.35 bits per heavy atom. The molecule has 0 bridgehead atoms. The summed E-state index contributed by atoms with van der Waals surface area (Å²) in [5.41, 5.74) is 0.726. The summed E-state index contributed by atoms with van der Waals surface area (Å²) in [6.07, 6.45) is -1.20.